The van der Waals surface area contributed by atoms with Gasteiger partial charge in [0.1, 0.15) is 16.8 Å². The maximum absolute atomic E-state index is 13.0. The normalized spacial score (nSPS) is 12.6. The molecule has 0 N–H and O–H groups in total. The lowest BCUT2D eigenvalue weighted by molar-refractivity contribution is -0.274. The van der Waals surface area contributed by atoms with Gasteiger partial charge >= 0.3 is 12.5 Å². The number of hydrogen-bond donors (Lipinski definition) is 0. The Kier molecular flexibility index (Phi) is 3.85. The summed E-state index contributed by atoms with van der Waals surface area (Å²) in [7, 11) is 0. The van der Waals surface area contributed by atoms with Crippen LogP contribution >= 0.6 is 0 Å². The van der Waals surface area contributed by atoms with Crippen molar-refractivity contribution in [3.63, 3.8) is 0 Å². The van der Waals surface area contributed by atoms with Gasteiger partial charge in [0.25, 0.3) is 0 Å². The third kappa shape index (κ3) is 3.52. The largest absolute Gasteiger partial charge is 0.573 e. The number of hydrogen-bond acceptors (Lipinski definition) is 3. The van der Waals surface area contributed by atoms with Crippen molar-refractivity contribution in [2.24, 2.45) is 0 Å². The summed E-state index contributed by atoms with van der Waals surface area (Å²) in [6.07, 6.45) is -7.47. The second-order valence-electron chi connectivity index (χ2n) is 5.20. The van der Waals surface area contributed by atoms with Crippen LogP contribution in [0.1, 0.15) is 11.1 Å². The lowest BCUT2D eigenvalue weighted by Crippen LogP contribution is -2.17. The molecule has 0 bridgehead atoms. The molecule has 0 atom stereocenters. The van der Waals surface area contributed by atoms with Gasteiger partial charge in [0, 0.05) is 5.56 Å². The molecule has 132 valence electrons. The van der Waals surface area contributed by atoms with Crippen molar-refractivity contribution in [2.75, 3.05) is 0 Å². The number of aryl methyl sites for hydroxylation is 1. The predicted molar refractivity (Wildman–Crippen MR) is 74.8 cm³/mol. The molecule has 4 nitrogen and oxygen atoms in total. The number of fused-ring (bicyclic) bond motifs is 1. The maximum atomic E-state index is 13.0. The van der Waals surface area contributed by atoms with Gasteiger partial charge in [-0.1, -0.05) is 6.07 Å². The summed E-state index contributed by atoms with van der Waals surface area (Å²) >= 11 is 0. The Morgan fingerprint density at radius 1 is 0.960 bits per heavy atom. The molecule has 10 heteroatoms. The molecule has 0 radical (unpaired) electrons. The highest BCUT2D eigenvalue weighted by Crippen LogP contribution is 2.34. The van der Waals surface area contributed by atoms with Crippen LogP contribution in [-0.2, 0) is 6.18 Å². The highest BCUT2D eigenvalue weighted by atomic mass is 19.4. The topological polar surface area (TPSA) is 39.4 Å². The number of aromatic nitrogens is 3. The summed E-state index contributed by atoms with van der Waals surface area (Å²) in [6.45, 7) is 1.52. The Bertz CT molecular complexity index is 929. The van der Waals surface area contributed by atoms with Crippen LogP contribution in [0.3, 0.4) is 0 Å². The predicted octanol–water partition coefficient (Wildman–Crippen LogP) is 4.62. The lowest BCUT2D eigenvalue weighted by Gasteiger charge is -2.12. The molecule has 0 saturated heterocycles. The minimum atomic E-state index is -4.83. The molecule has 0 aliphatic rings. The number of alkyl halides is 6. The number of nitrogens with zero attached hydrogens (tertiary/aromatic N) is 3. The van der Waals surface area contributed by atoms with Crippen LogP contribution in [0.25, 0.3) is 16.6 Å². The average Bonchev–Trinajstić information content (AvgIpc) is 2.88. The van der Waals surface area contributed by atoms with E-state index in [4.69, 9.17) is 0 Å². The summed E-state index contributed by atoms with van der Waals surface area (Å²) in [6, 6.07) is 4.79. The van der Waals surface area contributed by atoms with Crippen LogP contribution in [-0.4, -0.2) is 21.2 Å². The number of benzene rings is 1. The molecule has 0 unspecified atom stereocenters. The summed E-state index contributed by atoms with van der Waals surface area (Å²) in [5, 5.41) is 7.35. The zero-order valence-electron chi connectivity index (χ0n) is 12.5. The third-order valence-corrected chi connectivity index (χ3v) is 3.43. The van der Waals surface area contributed by atoms with E-state index in [1.54, 1.807) is 0 Å². The van der Waals surface area contributed by atoms with Gasteiger partial charge in [0.2, 0.25) is 0 Å². The summed E-state index contributed by atoms with van der Waals surface area (Å²) in [5.41, 5.74) is -0.0640. The summed E-state index contributed by atoms with van der Waals surface area (Å²) in [4.78, 5) is 0. The minimum absolute atomic E-state index is 0.250. The van der Waals surface area contributed by atoms with Gasteiger partial charge in [-0.15, -0.1) is 13.2 Å². The van der Waals surface area contributed by atoms with Crippen molar-refractivity contribution < 1.29 is 31.1 Å². The van der Waals surface area contributed by atoms with E-state index >= 15 is 0 Å². The monoisotopic (exact) mass is 361 g/mol. The second kappa shape index (κ2) is 5.64. The van der Waals surface area contributed by atoms with Crippen molar-refractivity contribution in [3.05, 3.63) is 47.8 Å². The van der Waals surface area contributed by atoms with Crippen LogP contribution in [0.2, 0.25) is 0 Å². The number of ether oxygens (including phenoxy) is 1. The van der Waals surface area contributed by atoms with E-state index < -0.39 is 23.9 Å². The first-order chi connectivity index (χ1) is 11.5. The summed E-state index contributed by atoms with van der Waals surface area (Å²) in [5.74, 6) is -0.414. The third-order valence-electron chi connectivity index (χ3n) is 3.43. The summed E-state index contributed by atoms with van der Waals surface area (Å²) < 4.78 is 80.3. The van der Waals surface area contributed by atoms with Crippen LogP contribution in [0, 0.1) is 6.92 Å². The molecule has 25 heavy (non-hydrogen) atoms. The molecule has 0 spiro atoms. The van der Waals surface area contributed by atoms with Gasteiger partial charge in [-0.25, -0.2) is 0 Å². The Morgan fingerprint density at radius 3 is 2.24 bits per heavy atom. The Morgan fingerprint density at radius 2 is 1.64 bits per heavy atom. The highest BCUT2D eigenvalue weighted by Gasteiger charge is 2.35. The van der Waals surface area contributed by atoms with Crippen LogP contribution < -0.4 is 4.74 Å². The van der Waals surface area contributed by atoms with E-state index in [1.807, 2.05) is 0 Å². The standard InChI is InChI=1S/C15H9F6N3O/c1-8-4-10(25-15(19,20)21)2-3-11(8)9-5-13-12(14(16,17)18)7-23-24(13)22-6-9/h2-7H,1H3. The van der Waals surface area contributed by atoms with Gasteiger partial charge in [-0.2, -0.15) is 28.0 Å². The number of halogens is 6. The van der Waals surface area contributed by atoms with Crippen LogP contribution in [0.4, 0.5) is 26.3 Å². The minimum Gasteiger partial charge on any atom is -0.406 e. The van der Waals surface area contributed by atoms with Gasteiger partial charge in [-0.05, 0) is 36.2 Å². The molecule has 1 aromatic carbocycles. The fourth-order valence-electron chi connectivity index (χ4n) is 2.40. The van der Waals surface area contributed by atoms with E-state index in [0.29, 0.717) is 22.9 Å². The van der Waals surface area contributed by atoms with Crippen molar-refractivity contribution in [1.82, 2.24) is 14.8 Å². The molecule has 2 heterocycles. The first-order valence-corrected chi connectivity index (χ1v) is 6.82. The first-order valence-electron chi connectivity index (χ1n) is 6.82. The van der Waals surface area contributed by atoms with Gasteiger partial charge < -0.3 is 4.74 Å². The lowest BCUT2D eigenvalue weighted by atomic mass is 10.0. The van der Waals surface area contributed by atoms with Crippen molar-refractivity contribution in [2.45, 2.75) is 19.5 Å². The second-order valence-corrected chi connectivity index (χ2v) is 5.20. The Balaban J connectivity index is 2.04. The fourth-order valence-corrected chi connectivity index (χ4v) is 2.40. The highest BCUT2D eigenvalue weighted by molar-refractivity contribution is 5.72. The zero-order valence-corrected chi connectivity index (χ0v) is 12.5. The van der Waals surface area contributed by atoms with Crippen molar-refractivity contribution >= 4 is 5.52 Å². The molecule has 0 aliphatic carbocycles. The molecule has 0 saturated carbocycles. The van der Waals surface area contributed by atoms with E-state index in [1.165, 1.54) is 25.3 Å². The molecule has 0 fully saturated rings. The van der Waals surface area contributed by atoms with Gasteiger partial charge in [0.15, 0.2) is 0 Å². The molecule has 2 aromatic heterocycles. The van der Waals surface area contributed by atoms with Crippen molar-refractivity contribution in [3.8, 4) is 16.9 Å². The van der Waals surface area contributed by atoms with E-state index in [2.05, 4.69) is 14.9 Å². The molecule has 3 rings (SSSR count). The molecular formula is C15H9F6N3O. The van der Waals surface area contributed by atoms with Crippen LogP contribution in [0.15, 0.2) is 36.7 Å². The molecule has 3 aromatic rings. The fraction of sp³-hybridized carbons (Fsp3) is 0.200. The molecular weight excluding hydrogens is 352 g/mol. The maximum Gasteiger partial charge on any atom is 0.573 e. The smallest absolute Gasteiger partial charge is 0.406 e. The van der Waals surface area contributed by atoms with E-state index in [0.717, 1.165) is 16.8 Å². The van der Waals surface area contributed by atoms with E-state index in [9.17, 15) is 26.3 Å². The van der Waals surface area contributed by atoms with Gasteiger partial charge in [-0.3, -0.25) is 0 Å². The quantitative estimate of drug-likeness (QED) is 0.625. The Hall–Kier alpha value is -2.78. The molecule has 0 amide bonds. The SMILES string of the molecule is Cc1cc(OC(F)(F)F)ccc1-c1cnn2ncc(C(F)(F)F)c2c1. The number of rotatable bonds is 2. The van der Waals surface area contributed by atoms with E-state index in [-0.39, 0.29) is 5.52 Å². The van der Waals surface area contributed by atoms with Gasteiger partial charge in [0.05, 0.1) is 12.4 Å². The first kappa shape index (κ1) is 17.1. The van der Waals surface area contributed by atoms with Crippen LogP contribution in [0.5, 0.6) is 5.75 Å². The Labute approximate surface area is 136 Å². The van der Waals surface area contributed by atoms with Crippen molar-refractivity contribution in [1.29, 1.82) is 0 Å². The molecule has 0 aliphatic heterocycles. The average molecular weight is 361 g/mol. The zero-order chi connectivity index (χ0) is 18.4.